The molecule has 1 aromatic carbocycles. The molecule has 4 nitrogen and oxygen atoms in total. The Morgan fingerprint density at radius 2 is 2.27 bits per heavy atom. The molecule has 0 saturated carbocycles. The van der Waals surface area contributed by atoms with Crippen LogP contribution in [0.15, 0.2) is 35.7 Å². The molecule has 1 saturated heterocycles. The summed E-state index contributed by atoms with van der Waals surface area (Å²) in [5, 5.41) is 4.78. The number of urea groups is 1. The van der Waals surface area contributed by atoms with E-state index in [0.29, 0.717) is 13.1 Å². The van der Waals surface area contributed by atoms with Gasteiger partial charge in [0.15, 0.2) is 0 Å². The Balaban J connectivity index is 1.68. The van der Waals surface area contributed by atoms with Crippen molar-refractivity contribution < 1.29 is 18.3 Å². The molecule has 0 aliphatic carbocycles. The minimum Gasteiger partial charge on any atom is -0.376 e. The van der Waals surface area contributed by atoms with Crippen LogP contribution in [0.3, 0.4) is 0 Å². The predicted octanol–water partition coefficient (Wildman–Crippen LogP) is 4.48. The number of rotatable bonds is 6. The molecule has 1 aliphatic heterocycles. The van der Waals surface area contributed by atoms with Crippen LogP contribution in [0.5, 0.6) is 0 Å². The zero-order chi connectivity index (χ0) is 18.5. The van der Waals surface area contributed by atoms with E-state index in [1.54, 1.807) is 23.2 Å². The quantitative estimate of drug-likeness (QED) is 0.803. The molecule has 1 aromatic heterocycles. The third-order valence-corrected chi connectivity index (χ3v) is 5.29. The van der Waals surface area contributed by atoms with Gasteiger partial charge in [-0.1, -0.05) is 12.1 Å². The summed E-state index contributed by atoms with van der Waals surface area (Å²) in [5.41, 5.74) is 0.257. The van der Waals surface area contributed by atoms with Crippen molar-refractivity contribution in [2.45, 2.75) is 38.5 Å². The lowest BCUT2D eigenvalue weighted by Gasteiger charge is -2.27. The van der Waals surface area contributed by atoms with Gasteiger partial charge in [0.1, 0.15) is 11.6 Å². The molecule has 1 N–H and O–H groups in total. The summed E-state index contributed by atoms with van der Waals surface area (Å²) in [6.07, 6.45) is 1.95. The molecule has 0 spiro atoms. The molecule has 140 valence electrons. The van der Waals surface area contributed by atoms with Crippen molar-refractivity contribution in [1.82, 2.24) is 10.2 Å². The highest BCUT2D eigenvalue weighted by atomic mass is 32.1. The number of halogens is 2. The average molecular weight is 380 g/mol. The van der Waals surface area contributed by atoms with Crippen LogP contribution in [0, 0.1) is 11.6 Å². The summed E-state index contributed by atoms with van der Waals surface area (Å²) in [5.74, 6) is -1.30. The first-order valence-electron chi connectivity index (χ1n) is 8.67. The van der Waals surface area contributed by atoms with Crippen LogP contribution in [0.2, 0.25) is 0 Å². The molecule has 0 bridgehead atoms. The van der Waals surface area contributed by atoms with Crippen LogP contribution >= 0.6 is 11.3 Å². The molecule has 2 heterocycles. The summed E-state index contributed by atoms with van der Waals surface area (Å²) in [6, 6.07) is 6.44. The SMILES string of the molecule is CC(NC(=O)N(Cc1cccs1)CC1CCCO1)c1ccc(F)cc1F. The Morgan fingerprint density at radius 1 is 1.42 bits per heavy atom. The Labute approximate surface area is 155 Å². The Bertz CT molecular complexity index is 733. The average Bonchev–Trinajstić information content (AvgIpc) is 3.27. The van der Waals surface area contributed by atoms with Gasteiger partial charge in [-0.3, -0.25) is 0 Å². The molecule has 3 rings (SSSR count). The van der Waals surface area contributed by atoms with Gasteiger partial charge in [0.2, 0.25) is 0 Å². The van der Waals surface area contributed by atoms with Crippen molar-refractivity contribution in [1.29, 1.82) is 0 Å². The van der Waals surface area contributed by atoms with Gasteiger partial charge in [-0.05, 0) is 37.3 Å². The molecule has 0 radical (unpaired) electrons. The third-order valence-electron chi connectivity index (χ3n) is 4.43. The van der Waals surface area contributed by atoms with Crippen molar-refractivity contribution in [3.63, 3.8) is 0 Å². The first kappa shape index (κ1) is 18.8. The maximum atomic E-state index is 14.0. The van der Waals surface area contributed by atoms with Gasteiger partial charge in [-0.25, -0.2) is 13.6 Å². The highest BCUT2D eigenvalue weighted by molar-refractivity contribution is 7.09. The second-order valence-electron chi connectivity index (χ2n) is 6.43. The maximum Gasteiger partial charge on any atom is 0.318 e. The van der Waals surface area contributed by atoms with Gasteiger partial charge in [-0.2, -0.15) is 0 Å². The second-order valence-corrected chi connectivity index (χ2v) is 7.46. The number of nitrogens with zero attached hydrogens (tertiary/aromatic N) is 1. The largest absolute Gasteiger partial charge is 0.376 e. The highest BCUT2D eigenvalue weighted by Gasteiger charge is 2.24. The molecule has 7 heteroatoms. The monoisotopic (exact) mass is 380 g/mol. The third kappa shape index (κ3) is 4.80. The van der Waals surface area contributed by atoms with Gasteiger partial charge in [0.25, 0.3) is 0 Å². The molecule has 2 aromatic rings. The summed E-state index contributed by atoms with van der Waals surface area (Å²) < 4.78 is 32.7. The number of thiophene rings is 1. The molecule has 26 heavy (non-hydrogen) atoms. The summed E-state index contributed by atoms with van der Waals surface area (Å²) >= 11 is 1.58. The van der Waals surface area contributed by atoms with Crippen molar-refractivity contribution >= 4 is 17.4 Å². The van der Waals surface area contributed by atoms with Gasteiger partial charge in [-0.15, -0.1) is 11.3 Å². The van der Waals surface area contributed by atoms with Crippen LogP contribution in [0.25, 0.3) is 0 Å². The number of carbonyl (C=O) groups is 1. The minimum atomic E-state index is -0.665. The Morgan fingerprint density at radius 3 is 2.92 bits per heavy atom. The van der Waals surface area contributed by atoms with E-state index in [9.17, 15) is 13.6 Å². The summed E-state index contributed by atoms with van der Waals surface area (Å²) in [4.78, 5) is 15.5. The van der Waals surface area contributed by atoms with Crippen molar-refractivity contribution in [3.05, 3.63) is 57.8 Å². The van der Waals surface area contributed by atoms with E-state index in [0.717, 1.165) is 30.4 Å². The number of nitrogens with one attached hydrogen (secondary N) is 1. The predicted molar refractivity (Wildman–Crippen MR) is 97.0 cm³/mol. The number of hydrogen-bond acceptors (Lipinski definition) is 3. The van der Waals surface area contributed by atoms with E-state index in [-0.39, 0.29) is 17.7 Å². The lowest BCUT2D eigenvalue weighted by atomic mass is 10.1. The highest BCUT2D eigenvalue weighted by Crippen LogP contribution is 2.20. The molecule has 1 aliphatic rings. The van der Waals surface area contributed by atoms with Gasteiger partial charge in [0, 0.05) is 29.7 Å². The van der Waals surface area contributed by atoms with Crippen molar-refractivity contribution in [3.8, 4) is 0 Å². The van der Waals surface area contributed by atoms with Crippen LogP contribution < -0.4 is 5.32 Å². The first-order valence-corrected chi connectivity index (χ1v) is 9.55. The Hall–Kier alpha value is -1.99. The summed E-state index contributed by atoms with van der Waals surface area (Å²) in [6.45, 7) is 3.37. The standard InChI is InChI=1S/C19H22F2N2O2S/c1-13(17-7-6-14(20)10-18(17)21)22-19(24)23(11-15-4-2-8-25-15)12-16-5-3-9-26-16/h3,5-7,9-10,13,15H,2,4,8,11-12H2,1H3,(H,22,24). The lowest BCUT2D eigenvalue weighted by molar-refractivity contribution is 0.0792. The lowest BCUT2D eigenvalue weighted by Crippen LogP contribution is -2.44. The van der Waals surface area contributed by atoms with Crippen LogP contribution in [-0.4, -0.2) is 30.2 Å². The van der Waals surface area contributed by atoms with Crippen LogP contribution in [0.4, 0.5) is 13.6 Å². The fourth-order valence-electron chi connectivity index (χ4n) is 3.05. The van der Waals surface area contributed by atoms with Gasteiger partial charge >= 0.3 is 6.03 Å². The summed E-state index contributed by atoms with van der Waals surface area (Å²) in [7, 11) is 0. The van der Waals surface area contributed by atoms with E-state index in [1.807, 2.05) is 17.5 Å². The fourth-order valence-corrected chi connectivity index (χ4v) is 3.77. The maximum absolute atomic E-state index is 14.0. The molecule has 2 atom stereocenters. The zero-order valence-corrected chi connectivity index (χ0v) is 15.4. The van der Waals surface area contributed by atoms with E-state index in [2.05, 4.69) is 5.32 Å². The first-order chi connectivity index (χ1) is 12.5. The minimum absolute atomic E-state index is 0.0265. The zero-order valence-electron chi connectivity index (χ0n) is 14.6. The molecule has 2 unspecified atom stereocenters. The van der Waals surface area contributed by atoms with Crippen molar-refractivity contribution in [2.24, 2.45) is 0 Å². The van der Waals surface area contributed by atoms with Gasteiger partial charge in [0.05, 0.1) is 18.7 Å². The van der Waals surface area contributed by atoms with Crippen LogP contribution in [0.1, 0.15) is 36.2 Å². The van der Waals surface area contributed by atoms with E-state index in [4.69, 9.17) is 4.74 Å². The molecule has 2 amide bonds. The molecular weight excluding hydrogens is 358 g/mol. The van der Waals surface area contributed by atoms with Crippen LogP contribution in [-0.2, 0) is 11.3 Å². The molecule has 1 fully saturated rings. The van der Waals surface area contributed by atoms with Crippen molar-refractivity contribution in [2.75, 3.05) is 13.2 Å². The number of amides is 2. The second kappa shape index (κ2) is 8.60. The smallest absolute Gasteiger partial charge is 0.318 e. The molecular formula is C19H22F2N2O2S. The van der Waals surface area contributed by atoms with E-state index >= 15 is 0 Å². The van der Waals surface area contributed by atoms with E-state index in [1.165, 1.54) is 12.1 Å². The Kier molecular flexibility index (Phi) is 6.21. The number of hydrogen-bond donors (Lipinski definition) is 1. The normalized spacial score (nSPS) is 17.9. The number of carbonyl (C=O) groups excluding carboxylic acids is 1. The number of benzene rings is 1. The van der Waals surface area contributed by atoms with Gasteiger partial charge < -0.3 is 15.0 Å². The fraction of sp³-hybridized carbons (Fsp3) is 0.421. The number of ether oxygens (including phenoxy) is 1. The topological polar surface area (TPSA) is 41.6 Å². The van der Waals surface area contributed by atoms with E-state index < -0.39 is 17.7 Å².